The van der Waals surface area contributed by atoms with Gasteiger partial charge in [-0.2, -0.15) is 25.3 Å². The zero-order chi connectivity index (χ0) is 43.9. The summed E-state index contributed by atoms with van der Waals surface area (Å²) in [5.74, 6) is -1.39. The Morgan fingerprint density at radius 3 is 0.903 bits per heavy atom. The number of ketones is 4. The van der Waals surface area contributed by atoms with E-state index in [1.807, 2.05) is 0 Å². The van der Waals surface area contributed by atoms with Gasteiger partial charge in [-0.15, -0.1) is 12.9 Å². The molecule has 0 atom stereocenters. The first-order chi connectivity index (χ1) is 28.8. The molecule has 314 valence electrons. The molecular weight excluding hydrogens is 902 g/mol. The summed E-state index contributed by atoms with van der Waals surface area (Å²) in [6, 6.07) is 15.1. The van der Waals surface area contributed by atoms with E-state index >= 15 is 0 Å². The first kappa shape index (κ1) is 46.6. The molecule has 0 heterocycles. The van der Waals surface area contributed by atoms with Crippen LogP contribution in [0.4, 0.5) is 0 Å². The van der Waals surface area contributed by atoms with Gasteiger partial charge in [0.2, 0.25) is 0 Å². The minimum atomic E-state index is -5.18. The van der Waals surface area contributed by atoms with Crippen LogP contribution in [0.25, 0.3) is 24.3 Å². The van der Waals surface area contributed by atoms with Crippen molar-refractivity contribution in [2.75, 3.05) is 0 Å². The Balaban J connectivity index is 0.000000338. The van der Waals surface area contributed by atoms with Crippen molar-refractivity contribution in [1.29, 1.82) is 0 Å². The second-order valence-electron chi connectivity index (χ2n) is 13.3. The zero-order valence-electron chi connectivity index (χ0n) is 32.0. The number of carbonyl (C=O) groups excluding carboxylic acids is 4. The van der Waals surface area contributed by atoms with E-state index in [1.54, 1.807) is 6.08 Å². The molecule has 0 saturated heterocycles. The fourth-order valence-electron chi connectivity index (χ4n) is 6.68. The molecule has 0 N–H and O–H groups in total. The Hall–Kier alpha value is -4.88. The fraction of sp³-hybridized carbons (Fsp3) is 0.100. The van der Waals surface area contributed by atoms with Gasteiger partial charge < -0.3 is 4.55 Å². The molecule has 4 aliphatic carbocycles. The molecule has 22 heteroatoms. The Morgan fingerprint density at radius 1 is 0.403 bits per heavy atom. The molecule has 4 aliphatic rings. The minimum absolute atomic E-state index is 0. The van der Waals surface area contributed by atoms with E-state index in [1.165, 1.54) is 97.1 Å². The van der Waals surface area contributed by atoms with Crippen molar-refractivity contribution in [2.45, 2.75) is 45.3 Å². The van der Waals surface area contributed by atoms with Gasteiger partial charge in [-0.1, -0.05) is 97.1 Å². The van der Waals surface area contributed by atoms with Crippen LogP contribution in [0, 0.1) is 0 Å². The number of rotatable bonds is 10. The van der Waals surface area contributed by atoms with Crippen LogP contribution in [0.15, 0.2) is 117 Å². The standard InChI is InChI=1S/C30H21NO12S3.C10H8O4S.Na/c32-25-13-1-10-22-19(25)7-4-16-28(22)44(35,36)41-31(42-45(37,38)29-17-5-8-20-23(29)11-2-14-26(20)33)43-46(39,40)30-18-6-9-21-24(30)12-3-15-27(21)34;11-9-5-1-4-8-7(9)3-2-6-10(8)15(12,13)14;/h1-12,16-18H,13-15H2;1-4,6H,5H2,(H,12,13,14);/q;;+1/p-1. The monoisotopic (exact) mass is 929 g/mol. The Bertz CT molecular complexity index is 2920. The summed E-state index contributed by atoms with van der Waals surface area (Å²) in [7, 11) is -20.1. The summed E-state index contributed by atoms with van der Waals surface area (Å²) < 4.78 is 129. The molecule has 0 fully saturated rings. The van der Waals surface area contributed by atoms with Gasteiger partial charge in [0.05, 0.1) is 4.90 Å². The van der Waals surface area contributed by atoms with Crippen LogP contribution >= 0.6 is 0 Å². The molecule has 0 spiro atoms. The molecule has 0 saturated carbocycles. The third-order valence-corrected chi connectivity index (χ3v) is 13.9. The first-order valence-corrected chi connectivity index (χ1v) is 23.3. The molecule has 4 aromatic carbocycles. The SMILES string of the molecule is O=C1CC=Cc2c1cccc2S(=O)(=O)ON(OS(=O)(=O)c1cccc2c1C=CCC2=O)OS(=O)(=O)c1cccc2c1C=CCC2=O.O=C1CC=Cc2c1cccc2S(=O)(=O)[O-].[Na+]. The number of hydrogen-bond acceptors (Lipinski definition) is 17. The maximum atomic E-state index is 13.5. The number of hydrogen-bond donors (Lipinski definition) is 0. The fourth-order valence-corrected chi connectivity index (χ4v) is 10.5. The maximum Gasteiger partial charge on any atom is 1.00 e. The maximum absolute atomic E-state index is 13.5. The summed E-state index contributed by atoms with van der Waals surface area (Å²) >= 11 is 0. The van der Waals surface area contributed by atoms with Crippen molar-refractivity contribution in [1.82, 2.24) is 5.39 Å². The van der Waals surface area contributed by atoms with Crippen LogP contribution in [-0.2, 0) is 53.3 Å². The van der Waals surface area contributed by atoms with Crippen molar-refractivity contribution in [3.8, 4) is 0 Å². The van der Waals surface area contributed by atoms with Crippen molar-refractivity contribution >= 4 is 87.9 Å². The number of carbonyl (C=O) groups is 4. The second kappa shape index (κ2) is 18.1. The van der Waals surface area contributed by atoms with E-state index < -0.39 is 77.9 Å². The molecule has 0 amide bonds. The number of benzene rings is 4. The largest absolute Gasteiger partial charge is 1.00 e. The van der Waals surface area contributed by atoms with Gasteiger partial charge in [-0.3, -0.25) is 19.2 Å². The number of allylic oxidation sites excluding steroid dienone is 4. The van der Waals surface area contributed by atoms with E-state index in [-0.39, 0.29) is 105 Å². The molecule has 0 unspecified atom stereocenters. The van der Waals surface area contributed by atoms with Crippen molar-refractivity contribution in [3.05, 3.63) is 142 Å². The van der Waals surface area contributed by atoms with E-state index in [0.717, 1.165) is 18.2 Å². The molecule has 0 radical (unpaired) electrons. The van der Waals surface area contributed by atoms with E-state index in [0.29, 0.717) is 5.56 Å². The molecule has 17 nitrogen and oxygen atoms in total. The number of Topliss-reactive ketones (excluding diaryl/α,β-unsaturated/α-hetero) is 4. The van der Waals surface area contributed by atoms with Crippen LogP contribution in [0.5, 0.6) is 0 Å². The average Bonchev–Trinajstić information content (AvgIpc) is 3.20. The summed E-state index contributed by atoms with van der Waals surface area (Å²) in [5.41, 5.74) is 0.322. The third-order valence-electron chi connectivity index (χ3n) is 9.37. The van der Waals surface area contributed by atoms with Gasteiger partial charge in [-0.25, -0.2) is 8.42 Å². The second-order valence-corrected chi connectivity index (χ2v) is 19.1. The smallest absolute Gasteiger partial charge is 0.744 e. The van der Waals surface area contributed by atoms with Crippen LogP contribution in [0.2, 0.25) is 0 Å². The summed E-state index contributed by atoms with van der Waals surface area (Å²) in [6.45, 7) is 0. The number of nitrogens with zero attached hydrogens (tertiary/aromatic N) is 1. The van der Waals surface area contributed by atoms with Crippen LogP contribution in [-0.4, -0.2) is 66.7 Å². The van der Waals surface area contributed by atoms with E-state index in [2.05, 4.69) is 0 Å². The normalized spacial score (nSPS) is 15.5. The van der Waals surface area contributed by atoms with Gasteiger partial charge in [0.1, 0.15) is 30.2 Å². The van der Waals surface area contributed by atoms with Gasteiger partial charge in [0.25, 0.3) is 0 Å². The van der Waals surface area contributed by atoms with Crippen molar-refractivity contribution in [2.24, 2.45) is 0 Å². The minimum Gasteiger partial charge on any atom is -0.744 e. The molecular formula is C40H28NNaO16S4. The molecule has 4 aromatic rings. The first-order valence-electron chi connectivity index (χ1n) is 17.7. The topological polar surface area (TPSA) is 259 Å². The van der Waals surface area contributed by atoms with Crippen molar-refractivity contribution in [3.63, 3.8) is 0 Å². The Kier molecular flexibility index (Phi) is 13.6. The van der Waals surface area contributed by atoms with Gasteiger partial charge in [0, 0.05) is 70.2 Å². The quantitative estimate of drug-likeness (QED) is 0.125. The predicted octanol–water partition coefficient (Wildman–Crippen LogP) is 2.24. The van der Waals surface area contributed by atoms with Crippen LogP contribution in [0.1, 0.15) is 89.4 Å². The Morgan fingerprint density at radius 2 is 0.645 bits per heavy atom. The third kappa shape index (κ3) is 9.54. The summed E-state index contributed by atoms with van der Waals surface area (Å²) in [4.78, 5) is 46.4. The molecule has 0 bridgehead atoms. The van der Waals surface area contributed by atoms with Crippen molar-refractivity contribution < 1.29 is 99.8 Å². The molecule has 8 rings (SSSR count). The zero-order valence-corrected chi connectivity index (χ0v) is 37.3. The summed E-state index contributed by atoms with van der Waals surface area (Å²) in [6.07, 6.45) is 11.5. The summed E-state index contributed by atoms with van der Waals surface area (Å²) in [5, 5.41) is -0.699. The predicted molar refractivity (Wildman–Crippen MR) is 212 cm³/mol. The van der Waals surface area contributed by atoms with E-state index in [9.17, 15) is 57.4 Å². The van der Waals surface area contributed by atoms with E-state index in [4.69, 9.17) is 12.9 Å². The Labute approximate surface area is 377 Å². The average molecular weight is 930 g/mol. The van der Waals surface area contributed by atoms with Gasteiger partial charge >= 0.3 is 59.9 Å². The molecule has 62 heavy (non-hydrogen) atoms. The molecule has 0 aromatic heterocycles. The number of fused-ring (bicyclic) bond motifs is 4. The van der Waals surface area contributed by atoms with Gasteiger partial charge in [0.15, 0.2) is 23.1 Å². The molecule has 0 aliphatic heterocycles. The van der Waals surface area contributed by atoms with Crippen LogP contribution < -0.4 is 29.6 Å². The van der Waals surface area contributed by atoms with Gasteiger partial charge in [-0.05, 0) is 24.3 Å². The van der Waals surface area contributed by atoms with Crippen LogP contribution in [0.3, 0.4) is 0 Å².